The maximum absolute atomic E-state index is 13.6. The molecule has 0 heterocycles. The van der Waals surface area contributed by atoms with Crippen LogP contribution in [0.3, 0.4) is 0 Å². The van der Waals surface area contributed by atoms with Gasteiger partial charge in [-0.05, 0) is 17.0 Å². The minimum absolute atomic E-state index is 0.105. The molecule has 0 aliphatic heterocycles. The Hall–Kier alpha value is -1.58. The molecule has 0 saturated carbocycles. The summed E-state index contributed by atoms with van der Waals surface area (Å²) in [6.45, 7) is 6.02. The summed E-state index contributed by atoms with van der Waals surface area (Å²) in [7, 11) is 1.30. The van der Waals surface area contributed by atoms with Gasteiger partial charge in [0.2, 0.25) is 5.69 Å². The topological polar surface area (TPSA) is 43.4 Å². The first-order valence-corrected chi connectivity index (χ1v) is 5.01. The zero-order valence-electron chi connectivity index (χ0n) is 9.97. The summed E-state index contributed by atoms with van der Waals surface area (Å²) < 4.78 is 18.1. The van der Waals surface area contributed by atoms with Crippen molar-refractivity contribution in [1.29, 1.82) is 0 Å². The molecule has 3 nitrogen and oxygen atoms in total. The number of halogens is 1. The van der Waals surface area contributed by atoms with Crippen LogP contribution in [0.25, 0.3) is 0 Å². The van der Waals surface area contributed by atoms with Gasteiger partial charge < -0.3 is 9.84 Å². The van der Waals surface area contributed by atoms with E-state index in [-0.39, 0.29) is 11.1 Å². The average Bonchev–Trinajstić information content (AvgIpc) is 2.19. The van der Waals surface area contributed by atoms with Gasteiger partial charge in [-0.15, -0.1) is 4.99 Å². The van der Waals surface area contributed by atoms with Crippen molar-refractivity contribution in [3.05, 3.63) is 29.6 Å². The Morgan fingerprint density at radius 3 is 2.44 bits per heavy atom. The van der Waals surface area contributed by atoms with Crippen molar-refractivity contribution in [1.82, 2.24) is 0 Å². The molecular weight excluding hydrogens is 209 g/mol. The highest BCUT2D eigenvalue weighted by atomic mass is 19.1. The minimum Gasteiger partial charge on any atom is -0.430 e. The highest BCUT2D eigenvalue weighted by molar-refractivity contribution is 5.58. The fraction of sp³-hybridized carbons (Fsp3) is 0.417. The summed E-state index contributed by atoms with van der Waals surface area (Å²) in [6, 6.07) is 4.84. The highest BCUT2D eigenvalue weighted by Crippen LogP contribution is 2.24. The van der Waals surface area contributed by atoms with Crippen LogP contribution in [0, 0.1) is 5.82 Å². The van der Waals surface area contributed by atoms with Crippen LogP contribution in [0.4, 0.5) is 10.1 Å². The standard InChI is InChI=1S/C12H16FNO2/c1-12(2,3)8-5-6-10(9(13)7-8)14-11(15)16-4/h5-7H,1-4H3,(H,14,15)/p+1. The molecule has 0 fully saturated rings. The van der Waals surface area contributed by atoms with Crippen molar-refractivity contribution in [2.45, 2.75) is 26.2 Å². The number of aliphatic hydroxyl groups is 1. The normalized spacial score (nSPS) is 12.7. The van der Waals surface area contributed by atoms with Gasteiger partial charge in [0, 0.05) is 6.07 Å². The Balaban J connectivity index is 3.10. The van der Waals surface area contributed by atoms with E-state index in [0.29, 0.717) is 0 Å². The zero-order valence-corrected chi connectivity index (χ0v) is 9.97. The van der Waals surface area contributed by atoms with E-state index in [1.807, 2.05) is 26.8 Å². The second-order valence-corrected chi connectivity index (χ2v) is 4.58. The summed E-state index contributed by atoms with van der Waals surface area (Å²) in [6.07, 6.45) is -0.428. The lowest BCUT2D eigenvalue weighted by Gasteiger charge is -2.18. The van der Waals surface area contributed by atoms with Gasteiger partial charge in [0.15, 0.2) is 5.82 Å². The summed E-state index contributed by atoms with van der Waals surface area (Å²) in [5.74, 6) is -0.420. The van der Waals surface area contributed by atoms with E-state index < -0.39 is 11.9 Å². The number of rotatable bonds is 1. The van der Waals surface area contributed by atoms with Crippen molar-refractivity contribution >= 4 is 11.8 Å². The number of benzene rings is 1. The number of nitrogens with one attached hydrogen (secondary N) is 1. The van der Waals surface area contributed by atoms with E-state index in [1.165, 1.54) is 13.2 Å². The Morgan fingerprint density at radius 1 is 1.38 bits per heavy atom. The molecule has 1 aromatic rings. The molecule has 4 heteroatoms. The smallest absolute Gasteiger partial charge is 0.430 e. The van der Waals surface area contributed by atoms with E-state index in [0.717, 1.165) is 5.56 Å². The quantitative estimate of drug-likeness (QED) is 0.561. The SMILES string of the molecule is COC(O)=[NH+]c1ccc(C(C)(C)C)cc1F. The monoisotopic (exact) mass is 226 g/mol. The minimum atomic E-state index is -0.428. The molecule has 16 heavy (non-hydrogen) atoms. The van der Waals surface area contributed by atoms with Crippen molar-refractivity contribution in [2.75, 3.05) is 7.11 Å². The van der Waals surface area contributed by atoms with Crippen LogP contribution in [0.1, 0.15) is 26.3 Å². The molecule has 0 aromatic heterocycles. The Morgan fingerprint density at radius 2 is 2.00 bits per heavy atom. The van der Waals surface area contributed by atoms with E-state index in [9.17, 15) is 4.39 Å². The van der Waals surface area contributed by atoms with Crippen LogP contribution < -0.4 is 4.99 Å². The Bertz CT molecular complexity index is 408. The predicted octanol–water partition coefficient (Wildman–Crippen LogP) is 1.40. The largest absolute Gasteiger partial charge is 0.550 e. The average molecular weight is 226 g/mol. The van der Waals surface area contributed by atoms with E-state index in [2.05, 4.69) is 9.73 Å². The molecule has 0 bridgehead atoms. The molecule has 0 saturated heterocycles. The number of hydrogen-bond donors (Lipinski definition) is 2. The number of methoxy groups -OCH3 is 1. The van der Waals surface area contributed by atoms with Gasteiger partial charge in [-0.25, -0.2) is 0 Å². The van der Waals surface area contributed by atoms with Gasteiger partial charge in [-0.2, -0.15) is 4.39 Å². The molecule has 0 aliphatic rings. The molecule has 0 atom stereocenters. The van der Waals surface area contributed by atoms with E-state index in [4.69, 9.17) is 5.11 Å². The van der Waals surface area contributed by atoms with Gasteiger partial charge >= 0.3 is 6.08 Å². The molecule has 1 rings (SSSR count). The number of hydrogen-bond acceptors (Lipinski definition) is 1. The molecule has 0 aliphatic carbocycles. The zero-order chi connectivity index (χ0) is 12.3. The van der Waals surface area contributed by atoms with E-state index >= 15 is 0 Å². The van der Waals surface area contributed by atoms with Gasteiger partial charge in [-0.3, -0.25) is 0 Å². The molecular formula is C12H17FNO2+. The Kier molecular flexibility index (Phi) is 3.52. The third-order valence-corrected chi connectivity index (χ3v) is 2.27. The first kappa shape index (κ1) is 12.5. The van der Waals surface area contributed by atoms with Gasteiger partial charge in [0.25, 0.3) is 0 Å². The fourth-order valence-corrected chi connectivity index (χ4v) is 1.25. The summed E-state index contributed by atoms with van der Waals surface area (Å²) in [5.41, 5.74) is 0.978. The maximum Gasteiger partial charge on any atom is 0.550 e. The van der Waals surface area contributed by atoms with Crippen LogP contribution in [0.15, 0.2) is 18.2 Å². The fourth-order valence-electron chi connectivity index (χ4n) is 1.25. The van der Waals surface area contributed by atoms with Crippen molar-refractivity contribution in [3.63, 3.8) is 0 Å². The molecule has 88 valence electrons. The first-order chi connectivity index (χ1) is 7.34. The second-order valence-electron chi connectivity index (χ2n) is 4.58. The van der Waals surface area contributed by atoms with Crippen molar-refractivity contribution in [2.24, 2.45) is 0 Å². The lowest BCUT2D eigenvalue weighted by Crippen LogP contribution is -2.67. The van der Waals surface area contributed by atoms with Crippen LogP contribution >= 0.6 is 0 Å². The van der Waals surface area contributed by atoms with E-state index in [1.54, 1.807) is 6.07 Å². The molecule has 0 amide bonds. The highest BCUT2D eigenvalue weighted by Gasteiger charge is 2.18. The van der Waals surface area contributed by atoms with Gasteiger partial charge in [0.05, 0.1) is 7.11 Å². The molecule has 2 N–H and O–H groups in total. The van der Waals surface area contributed by atoms with Crippen LogP contribution in [0.2, 0.25) is 0 Å². The lowest BCUT2D eigenvalue weighted by atomic mass is 9.87. The summed E-state index contributed by atoms with van der Waals surface area (Å²) in [5, 5.41) is 9.08. The first-order valence-electron chi connectivity index (χ1n) is 5.01. The molecule has 0 radical (unpaired) electrons. The number of ether oxygens (including phenoxy) is 1. The predicted molar refractivity (Wildman–Crippen MR) is 60.4 cm³/mol. The summed E-state index contributed by atoms with van der Waals surface area (Å²) >= 11 is 0. The second kappa shape index (κ2) is 4.51. The van der Waals surface area contributed by atoms with Crippen LogP contribution in [0.5, 0.6) is 0 Å². The number of aliphatic hydroxyl groups excluding tert-OH is 1. The van der Waals surface area contributed by atoms with Gasteiger partial charge in [0.1, 0.15) is 0 Å². The molecule has 1 aromatic carbocycles. The molecule has 0 spiro atoms. The third-order valence-electron chi connectivity index (χ3n) is 2.27. The molecule has 0 unspecified atom stereocenters. The van der Waals surface area contributed by atoms with Crippen LogP contribution in [-0.2, 0) is 10.2 Å². The summed E-state index contributed by atoms with van der Waals surface area (Å²) in [4.78, 5) is 2.41. The van der Waals surface area contributed by atoms with Crippen molar-refractivity contribution in [3.8, 4) is 0 Å². The third kappa shape index (κ3) is 2.95. The van der Waals surface area contributed by atoms with Gasteiger partial charge in [-0.1, -0.05) is 26.8 Å². The maximum atomic E-state index is 13.6. The van der Waals surface area contributed by atoms with Crippen molar-refractivity contribution < 1.29 is 19.2 Å². The Labute approximate surface area is 94.6 Å². The van der Waals surface area contributed by atoms with Crippen LogP contribution in [-0.4, -0.2) is 18.3 Å². The lowest BCUT2D eigenvalue weighted by molar-refractivity contribution is -0.383.